The highest BCUT2D eigenvalue weighted by molar-refractivity contribution is 5.77. The van der Waals surface area contributed by atoms with E-state index in [9.17, 15) is 9.59 Å². The first kappa shape index (κ1) is 20.1. The van der Waals surface area contributed by atoms with Crippen LogP contribution in [0.4, 0.5) is 4.79 Å². The van der Waals surface area contributed by atoms with Gasteiger partial charge in [-0.1, -0.05) is 12.1 Å². The number of benzene rings is 1. The minimum absolute atomic E-state index is 0.0594. The van der Waals surface area contributed by atoms with Crippen molar-refractivity contribution in [1.29, 1.82) is 0 Å². The van der Waals surface area contributed by atoms with Gasteiger partial charge in [-0.3, -0.25) is 4.79 Å². The topological polar surface area (TPSA) is 65.1 Å². The predicted molar refractivity (Wildman–Crippen MR) is 98.3 cm³/mol. The molecule has 1 aromatic carbocycles. The van der Waals surface area contributed by atoms with E-state index in [1.807, 2.05) is 52.0 Å². The van der Waals surface area contributed by atoms with Gasteiger partial charge in [0.25, 0.3) is 0 Å². The summed E-state index contributed by atoms with van der Waals surface area (Å²) in [6.07, 6.45) is 0.401. The monoisotopic (exact) mass is 363 g/mol. The highest BCUT2D eigenvalue weighted by Gasteiger charge is 2.30. The maximum absolute atomic E-state index is 12.1. The Morgan fingerprint density at radius 2 is 1.88 bits per heavy atom. The van der Waals surface area contributed by atoms with E-state index in [-0.39, 0.29) is 24.1 Å². The molecule has 0 radical (unpaired) electrons. The Bertz CT molecular complexity index is 620. The van der Waals surface area contributed by atoms with Crippen LogP contribution in [0, 0.1) is 0 Å². The third-order valence-electron chi connectivity index (χ3n) is 4.12. The third-order valence-corrected chi connectivity index (χ3v) is 4.12. The van der Waals surface area contributed by atoms with Crippen LogP contribution in [0.25, 0.3) is 0 Å². The van der Waals surface area contributed by atoms with Crippen LogP contribution in [0.1, 0.15) is 52.5 Å². The Morgan fingerprint density at radius 1 is 1.23 bits per heavy atom. The van der Waals surface area contributed by atoms with Gasteiger partial charge in [0.1, 0.15) is 17.5 Å². The standard InChI is InChI=1S/C20H29NO5/c1-6-24-18(22)14(2)15-7-9-16(10-8-15)25-17-11-12-21(13-17)19(23)26-20(3,4)5/h7-10,14,17H,6,11-13H2,1-5H3/t14?,17-/m0/s1. The van der Waals surface area contributed by atoms with Crippen molar-refractivity contribution in [3.8, 4) is 5.75 Å². The van der Waals surface area contributed by atoms with Gasteiger partial charge >= 0.3 is 12.1 Å². The summed E-state index contributed by atoms with van der Waals surface area (Å²) in [5, 5.41) is 0. The van der Waals surface area contributed by atoms with Crippen LogP contribution >= 0.6 is 0 Å². The van der Waals surface area contributed by atoms with Crippen LogP contribution < -0.4 is 4.74 Å². The molecule has 0 saturated carbocycles. The Labute approximate surface area is 155 Å². The molecule has 1 heterocycles. The first-order valence-corrected chi connectivity index (χ1v) is 9.10. The van der Waals surface area contributed by atoms with E-state index in [4.69, 9.17) is 14.2 Å². The molecule has 1 amide bonds. The highest BCUT2D eigenvalue weighted by Crippen LogP contribution is 2.24. The summed E-state index contributed by atoms with van der Waals surface area (Å²) >= 11 is 0. The summed E-state index contributed by atoms with van der Waals surface area (Å²) in [6, 6.07) is 7.44. The number of esters is 1. The van der Waals surface area contributed by atoms with Gasteiger partial charge in [-0.2, -0.15) is 0 Å². The van der Waals surface area contributed by atoms with Gasteiger partial charge in [-0.05, 0) is 52.3 Å². The SMILES string of the molecule is CCOC(=O)C(C)c1ccc(O[C@H]2CCN(C(=O)OC(C)(C)C)C2)cc1. The number of hydrogen-bond acceptors (Lipinski definition) is 5. The predicted octanol–water partition coefficient (Wildman–Crippen LogP) is 3.74. The summed E-state index contributed by atoms with van der Waals surface area (Å²) in [5.74, 6) is 0.184. The van der Waals surface area contributed by atoms with Gasteiger partial charge in [0, 0.05) is 13.0 Å². The van der Waals surface area contributed by atoms with E-state index in [0.717, 1.165) is 17.7 Å². The molecule has 26 heavy (non-hydrogen) atoms. The first-order valence-electron chi connectivity index (χ1n) is 9.10. The molecule has 144 valence electrons. The van der Waals surface area contributed by atoms with Crippen molar-refractivity contribution in [2.24, 2.45) is 0 Å². The molecular formula is C20H29NO5. The molecule has 0 bridgehead atoms. The quantitative estimate of drug-likeness (QED) is 0.746. The molecule has 0 aliphatic carbocycles. The van der Waals surface area contributed by atoms with Crippen LogP contribution in [0.2, 0.25) is 0 Å². The van der Waals surface area contributed by atoms with Gasteiger partial charge in [0.2, 0.25) is 0 Å². The summed E-state index contributed by atoms with van der Waals surface area (Å²) < 4.78 is 16.4. The second-order valence-corrected chi connectivity index (χ2v) is 7.50. The number of carbonyl (C=O) groups is 2. The molecule has 0 spiro atoms. The van der Waals surface area contributed by atoms with E-state index in [0.29, 0.717) is 19.7 Å². The van der Waals surface area contributed by atoms with E-state index in [1.54, 1.807) is 11.8 Å². The molecule has 6 nitrogen and oxygen atoms in total. The molecule has 1 aromatic rings. The fourth-order valence-electron chi connectivity index (χ4n) is 2.75. The average molecular weight is 363 g/mol. The van der Waals surface area contributed by atoms with Crippen molar-refractivity contribution in [3.63, 3.8) is 0 Å². The lowest BCUT2D eigenvalue weighted by molar-refractivity contribution is -0.144. The zero-order chi connectivity index (χ0) is 19.3. The lowest BCUT2D eigenvalue weighted by Crippen LogP contribution is -2.36. The minimum Gasteiger partial charge on any atom is -0.489 e. The van der Waals surface area contributed by atoms with E-state index >= 15 is 0 Å². The van der Waals surface area contributed by atoms with Crippen molar-refractivity contribution in [2.75, 3.05) is 19.7 Å². The number of amides is 1. The fraction of sp³-hybridized carbons (Fsp3) is 0.600. The molecule has 0 aromatic heterocycles. The smallest absolute Gasteiger partial charge is 0.410 e. The number of rotatable bonds is 5. The molecule has 2 atom stereocenters. The van der Waals surface area contributed by atoms with Crippen molar-refractivity contribution in [1.82, 2.24) is 4.90 Å². The molecule has 1 fully saturated rings. The van der Waals surface area contributed by atoms with Crippen LogP contribution in [0.5, 0.6) is 5.75 Å². The zero-order valence-corrected chi connectivity index (χ0v) is 16.3. The summed E-state index contributed by atoms with van der Waals surface area (Å²) in [5.41, 5.74) is 0.388. The van der Waals surface area contributed by atoms with Gasteiger partial charge < -0.3 is 19.1 Å². The number of nitrogens with zero attached hydrogens (tertiary/aromatic N) is 1. The molecular weight excluding hydrogens is 334 g/mol. The van der Waals surface area contributed by atoms with Crippen molar-refractivity contribution < 1.29 is 23.8 Å². The maximum Gasteiger partial charge on any atom is 0.410 e. The minimum atomic E-state index is -0.499. The Morgan fingerprint density at radius 3 is 2.46 bits per heavy atom. The number of ether oxygens (including phenoxy) is 3. The highest BCUT2D eigenvalue weighted by atomic mass is 16.6. The molecule has 1 aliphatic rings. The molecule has 1 saturated heterocycles. The van der Waals surface area contributed by atoms with Gasteiger partial charge in [0.05, 0.1) is 19.1 Å². The van der Waals surface area contributed by atoms with Crippen molar-refractivity contribution in [3.05, 3.63) is 29.8 Å². The molecule has 1 unspecified atom stereocenters. The summed E-state index contributed by atoms with van der Waals surface area (Å²) in [7, 11) is 0. The van der Waals surface area contributed by atoms with E-state index in [1.165, 1.54) is 0 Å². The molecule has 0 N–H and O–H groups in total. The number of hydrogen-bond donors (Lipinski definition) is 0. The Balaban J connectivity index is 1.88. The Kier molecular flexibility index (Phi) is 6.51. The fourth-order valence-corrected chi connectivity index (χ4v) is 2.75. The van der Waals surface area contributed by atoms with Crippen LogP contribution in [-0.4, -0.2) is 48.4 Å². The lowest BCUT2D eigenvalue weighted by atomic mass is 10.0. The Hall–Kier alpha value is -2.24. The molecule has 1 aliphatic heterocycles. The van der Waals surface area contributed by atoms with E-state index in [2.05, 4.69) is 0 Å². The molecule has 2 rings (SSSR count). The maximum atomic E-state index is 12.1. The van der Waals surface area contributed by atoms with Gasteiger partial charge in [-0.15, -0.1) is 0 Å². The second kappa shape index (κ2) is 8.43. The van der Waals surface area contributed by atoms with Gasteiger partial charge in [0.15, 0.2) is 0 Å². The summed E-state index contributed by atoms with van der Waals surface area (Å²) in [4.78, 5) is 25.6. The largest absolute Gasteiger partial charge is 0.489 e. The number of carbonyl (C=O) groups excluding carboxylic acids is 2. The second-order valence-electron chi connectivity index (χ2n) is 7.50. The average Bonchev–Trinajstić information content (AvgIpc) is 3.02. The zero-order valence-electron chi connectivity index (χ0n) is 16.3. The molecule has 6 heteroatoms. The van der Waals surface area contributed by atoms with Gasteiger partial charge in [-0.25, -0.2) is 4.79 Å². The summed E-state index contributed by atoms with van der Waals surface area (Å²) in [6.45, 7) is 10.7. The first-order chi connectivity index (χ1) is 12.2. The van der Waals surface area contributed by atoms with E-state index < -0.39 is 5.60 Å². The van der Waals surface area contributed by atoms with Crippen LogP contribution in [-0.2, 0) is 14.3 Å². The lowest BCUT2D eigenvalue weighted by Gasteiger charge is -2.24. The van der Waals surface area contributed by atoms with Crippen LogP contribution in [0.15, 0.2) is 24.3 Å². The normalized spacial score (nSPS) is 18.3. The third kappa shape index (κ3) is 5.64. The van der Waals surface area contributed by atoms with Crippen molar-refractivity contribution >= 4 is 12.1 Å². The van der Waals surface area contributed by atoms with Crippen molar-refractivity contribution in [2.45, 2.75) is 58.7 Å². The van der Waals surface area contributed by atoms with Crippen LogP contribution in [0.3, 0.4) is 0 Å². The number of likely N-dealkylation sites (tertiary alicyclic amines) is 1.